The van der Waals surface area contributed by atoms with Gasteiger partial charge in [0.05, 0.1) is 5.56 Å². The van der Waals surface area contributed by atoms with Gasteiger partial charge in [0.2, 0.25) is 0 Å². The lowest BCUT2D eigenvalue weighted by Gasteiger charge is -2.24. The Morgan fingerprint density at radius 3 is 2.53 bits per heavy atom. The van der Waals surface area contributed by atoms with Crippen LogP contribution in [0.1, 0.15) is 32.3 Å². The van der Waals surface area contributed by atoms with E-state index in [1.165, 1.54) is 12.3 Å². The fourth-order valence-electron chi connectivity index (χ4n) is 1.63. The number of unbranched alkanes of at least 4 members (excludes halogenated alkanes) is 1. The van der Waals surface area contributed by atoms with E-state index >= 15 is 0 Å². The summed E-state index contributed by atoms with van der Waals surface area (Å²) in [6.45, 7) is 4.98. The standard InChI is InChI=1S/C12H17F3N2/c1-3-5-9-17(4-2)11-10(12(13,14)15)7-6-8-16-11/h6-8H,3-5,9H2,1-2H3. The average Bonchev–Trinajstić information content (AvgIpc) is 2.29. The van der Waals surface area contributed by atoms with Crippen molar-refractivity contribution in [2.45, 2.75) is 32.9 Å². The first-order valence-corrected chi connectivity index (χ1v) is 5.77. The molecule has 0 aliphatic heterocycles. The summed E-state index contributed by atoms with van der Waals surface area (Å²) in [6.07, 6.45) is -1.13. The van der Waals surface area contributed by atoms with E-state index in [-0.39, 0.29) is 5.82 Å². The van der Waals surface area contributed by atoms with Crippen molar-refractivity contribution in [3.63, 3.8) is 0 Å². The molecular formula is C12H17F3N2. The summed E-state index contributed by atoms with van der Waals surface area (Å²) in [5.41, 5.74) is -0.655. The van der Waals surface area contributed by atoms with Crippen LogP contribution in [0.2, 0.25) is 0 Å². The molecular weight excluding hydrogens is 229 g/mol. The second-order valence-electron chi connectivity index (χ2n) is 3.81. The van der Waals surface area contributed by atoms with Crippen LogP contribution in [0.15, 0.2) is 18.3 Å². The molecule has 0 saturated heterocycles. The molecule has 17 heavy (non-hydrogen) atoms. The minimum atomic E-state index is -4.34. The molecule has 0 radical (unpaired) electrons. The number of aromatic nitrogens is 1. The number of nitrogens with zero attached hydrogens (tertiary/aromatic N) is 2. The Morgan fingerprint density at radius 1 is 1.29 bits per heavy atom. The van der Waals surface area contributed by atoms with Crippen molar-refractivity contribution in [1.29, 1.82) is 0 Å². The van der Waals surface area contributed by atoms with Gasteiger partial charge < -0.3 is 4.90 Å². The third kappa shape index (κ3) is 3.61. The first-order chi connectivity index (χ1) is 8.00. The lowest BCUT2D eigenvalue weighted by Crippen LogP contribution is -2.27. The maximum absolute atomic E-state index is 12.8. The summed E-state index contributed by atoms with van der Waals surface area (Å²) in [6, 6.07) is 2.40. The second kappa shape index (κ2) is 5.89. The molecule has 0 unspecified atom stereocenters. The van der Waals surface area contributed by atoms with E-state index in [0.717, 1.165) is 18.9 Å². The quantitative estimate of drug-likeness (QED) is 0.787. The summed E-state index contributed by atoms with van der Waals surface area (Å²) in [7, 11) is 0. The van der Waals surface area contributed by atoms with Gasteiger partial charge in [-0.1, -0.05) is 13.3 Å². The van der Waals surface area contributed by atoms with Crippen LogP contribution in [-0.4, -0.2) is 18.1 Å². The van der Waals surface area contributed by atoms with Crippen LogP contribution in [0, 0.1) is 0 Å². The van der Waals surface area contributed by atoms with Crippen molar-refractivity contribution in [3.05, 3.63) is 23.9 Å². The summed E-state index contributed by atoms with van der Waals surface area (Å²) < 4.78 is 38.4. The fraction of sp³-hybridized carbons (Fsp3) is 0.583. The van der Waals surface area contributed by atoms with Gasteiger partial charge in [-0.2, -0.15) is 13.2 Å². The largest absolute Gasteiger partial charge is 0.419 e. The van der Waals surface area contributed by atoms with Gasteiger partial charge in [0.25, 0.3) is 0 Å². The maximum atomic E-state index is 12.8. The van der Waals surface area contributed by atoms with E-state index < -0.39 is 11.7 Å². The summed E-state index contributed by atoms with van der Waals surface area (Å²) in [4.78, 5) is 5.55. The lowest BCUT2D eigenvalue weighted by molar-refractivity contribution is -0.137. The highest BCUT2D eigenvalue weighted by molar-refractivity contribution is 5.48. The molecule has 0 N–H and O–H groups in total. The Morgan fingerprint density at radius 2 is 2.00 bits per heavy atom. The van der Waals surface area contributed by atoms with E-state index in [1.807, 2.05) is 13.8 Å². The summed E-state index contributed by atoms with van der Waals surface area (Å²) in [5.74, 6) is 0.0379. The molecule has 0 aliphatic carbocycles. The monoisotopic (exact) mass is 246 g/mol. The van der Waals surface area contributed by atoms with Gasteiger partial charge in [-0.05, 0) is 25.5 Å². The first-order valence-electron chi connectivity index (χ1n) is 5.77. The number of pyridine rings is 1. The predicted molar refractivity (Wildman–Crippen MR) is 62.0 cm³/mol. The predicted octanol–water partition coefficient (Wildman–Crippen LogP) is 3.73. The van der Waals surface area contributed by atoms with Crippen molar-refractivity contribution >= 4 is 5.82 Å². The highest BCUT2D eigenvalue weighted by Crippen LogP contribution is 2.35. The molecule has 0 aliphatic rings. The van der Waals surface area contributed by atoms with E-state index in [9.17, 15) is 13.2 Å². The fourth-order valence-corrected chi connectivity index (χ4v) is 1.63. The summed E-state index contributed by atoms with van der Waals surface area (Å²) >= 11 is 0. The topological polar surface area (TPSA) is 16.1 Å². The van der Waals surface area contributed by atoms with E-state index in [1.54, 1.807) is 4.90 Å². The Kier molecular flexibility index (Phi) is 4.78. The number of halogens is 3. The van der Waals surface area contributed by atoms with Gasteiger partial charge >= 0.3 is 6.18 Å². The van der Waals surface area contributed by atoms with Gasteiger partial charge in [-0.25, -0.2) is 4.98 Å². The minimum absolute atomic E-state index is 0.0379. The molecule has 0 aromatic carbocycles. The van der Waals surface area contributed by atoms with Crippen molar-refractivity contribution < 1.29 is 13.2 Å². The molecule has 5 heteroatoms. The van der Waals surface area contributed by atoms with Crippen molar-refractivity contribution in [1.82, 2.24) is 4.98 Å². The van der Waals surface area contributed by atoms with Crippen molar-refractivity contribution in [2.24, 2.45) is 0 Å². The van der Waals surface area contributed by atoms with Gasteiger partial charge in [0.15, 0.2) is 0 Å². The molecule has 1 heterocycles. The van der Waals surface area contributed by atoms with Gasteiger partial charge in [-0.3, -0.25) is 0 Å². The van der Waals surface area contributed by atoms with Crippen LogP contribution in [0.4, 0.5) is 19.0 Å². The molecule has 1 rings (SSSR count). The number of anilines is 1. The smallest absolute Gasteiger partial charge is 0.356 e. The number of hydrogen-bond acceptors (Lipinski definition) is 2. The third-order valence-electron chi connectivity index (χ3n) is 2.55. The molecule has 1 aromatic rings. The van der Waals surface area contributed by atoms with Crippen LogP contribution in [-0.2, 0) is 6.18 Å². The van der Waals surface area contributed by atoms with Gasteiger partial charge in [0, 0.05) is 19.3 Å². The van der Waals surface area contributed by atoms with Crippen molar-refractivity contribution in [3.8, 4) is 0 Å². The van der Waals surface area contributed by atoms with Gasteiger partial charge in [0.1, 0.15) is 5.82 Å². The van der Waals surface area contributed by atoms with Crippen LogP contribution in [0.3, 0.4) is 0 Å². The zero-order valence-electron chi connectivity index (χ0n) is 10.1. The number of hydrogen-bond donors (Lipinski definition) is 0. The molecule has 0 fully saturated rings. The number of rotatable bonds is 5. The minimum Gasteiger partial charge on any atom is -0.356 e. The Balaban J connectivity index is 3.02. The maximum Gasteiger partial charge on any atom is 0.419 e. The zero-order valence-corrected chi connectivity index (χ0v) is 10.1. The highest BCUT2D eigenvalue weighted by atomic mass is 19.4. The van der Waals surface area contributed by atoms with Crippen LogP contribution >= 0.6 is 0 Å². The molecule has 96 valence electrons. The van der Waals surface area contributed by atoms with E-state index in [0.29, 0.717) is 13.1 Å². The molecule has 0 amide bonds. The SMILES string of the molecule is CCCCN(CC)c1ncccc1C(F)(F)F. The van der Waals surface area contributed by atoms with Gasteiger partial charge in [-0.15, -0.1) is 0 Å². The van der Waals surface area contributed by atoms with Crippen LogP contribution < -0.4 is 4.90 Å². The van der Waals surface area contributed by atoms with Crippen LogP contribution in [0.25, 0.3) is 0 Å². The van der Waals surface area contributed by atoms with E-state index in [2.05, 4.69) is 4.98 Å². The van der Waals surface area contributed by atoms with E-state index in [4.69, 9.17) is 0 Å². The Bertz CT molecular complexity index is 350. The third-order valence-corrected chi connectivity index (χ3v) is 2.55. The molecule has 1 aromatic heterocycles. The molecule has 0 spiro atoms. The molecule has 2 nitrogen and oxygen atoms in total. The summed E-state index contributed by atoms with van der Waals surface area (Å²) in [5, 5.41) is 0. The normalized spacial score (nSPS) is 11.6. The lowest BCUT2D eigenvalue weighted by atomic mass is 10.2. The molecule has 0 atom stereocenters. The highest BCUT2D eigenvalue weighted by Gasteiger charge is 2.35. The van der Waals surface area contributed by atoms with Crippen molar-refractivity contribution in [2.75, 3.05) is 18.0 Å². The molecule has 0 bridgehead atoms. The Hall–Kier alpha value is -1.26. The molecule has 0 saturated carbocycles. The average molecular weight is 246 g/mol. The Labute approximate surface area is 99.5 Å². The zero-order chi connectivity index (χ0) is 12.9. The first kappa shape index (κ1) is 13.8. The van der Waals surface area contributed by atoms with Crippen LogP contribution in [0.5, 0.6) is 0 Å². The second-order valence-corrected chi connectivity index (χ2v) is 3.81. The number of alkyl halides is 3.